The van der Waals surface area contributed by atoms with Crippen molar-refractivity contribution in [2.75, 3.05) is 10.6 Å². The van der Waals surface area contributed by atoms with Gasteiger partial charge in [0.05, 0.1) is 11.7 Å². The van der Waals surface area contributed by atoms with Gasteiger partial charge in [-0.1, -0.05) is 11.8 Å². The number of anilines is 2. The quantitative estimate of drug-likeness (QED) is 0.570. The molecule has 2 N–H and O–H groups in total. The Hall–Kier alpha value is -2.79. The van der Waals surface area contributed by atoms with Gasteiger partial charge in [0, 0.05) is 24.3 Å². The molecule has 0 bridgehead atoms. The second-order valence-electron chi connectivity index (χ2n) is 5.78. The molecule has 0 aliphatic heterocycles. The van der Waals surface area contributed by atoms with E-state index < -0.39 is 5.25 Å². The molecule has 0 radical (unpaired) electrons. The molecule has 28 heavy (non-hydrogen) atoms. The number of nitrogens with zero attached hydrogens (tertiary/aromatic N) is 4. The zero-order valence-electron chi connectivity index (χ0n) is 15.0. The van der Waals surface area contributed by atoms with Gasteiger partial charge in [0.2, 0.25) is 11.8 Å². The number of hydrogen-bond acceptors (Lipinski definition) is 7. The van der Waals surface area contributed by atoms with Crippen LogP contribution in [0.15, 0.2) is 41.0 Å². The molecule has 0 saturated heterocycles. The third kappa shape index (κ3) is 5.14. The summed E-state index contributed by atoms with van der Waals surface area (Å²) in [5, 5.41) is 15.9. The molecule has 3 rings (SSSR count). The zero-order valence-corrected chi connectivity index (χ0v) is 16.7. The predicted octanol–water partition coefficient (Wildman–Crippen LogP) is 2.71. The number of benzene rings is 1. The SMILES string of the molecule is C[C@H](Sc1nnc(CC(=O)Nc2ccc(F)cc2)n1C)C(=O)Nc1nccs1. The molecule has 0 spiro atoms. The van der Waals surface area contributed by atoms with Crippen molar-refractivity contribution in [3.63, 3.8) is 0 Å². The van der Waals surface area contributed by atoms with Crippen molar-refractivity contribution in [2.45, 2.75) is 23.8 Å². The molecule has 0 saturated carbocycles. The summed E-state index contributed by atoms with van der Waals surface area (Å²) in [6, 6.07) is 5.50. The zero-order chi connectivity index (χ0) is 20.1. The summed E-state index contributed by atoms with van der Waals surface area (Å²) in [5.74, 6) is -0.414. The molecule has 0 aliphatic carbocycles. The van der Waals surface area contributed by atoms with Crippen molar-refractivity contribution in [1.29, 1.82) is 0 Å². The van der Waals surface area contributed by atoms with Crippen molar-refractivity contribution in [3.05, 3.63) is 47.5 Å². The highest BCUT2D eigenvalue weighted by Crippen LogP contribution is 2.23. The van der Waals surface area contributed by atoms with Crippen LogP contribution in [0.1, 0.15) is 12.7 Å². The highest BCUT2D eigenvalue weighted by atomic mass is 32.2. The van der Waals surface area contributed by atoms with Crippen LogP contribution in [0.25, 0.3) is 0 Å². The molecule has 2 heterocycles. The lowest BCUT2D eigenvalue weighted by Crippen LogP contribution is -2.22. The van der Waals surface area contributed by atoms with Crippen molar-refractivity contribution < 1.29 is 14.0 Å². The van der Waals surface area contributed by atoms with E-state index in [4.69, 9.17) is 0 Å². The molecule has 146 valence electrons. The number of carbonyl (C=O) groups is 2. The molecule has 11 heteroatoms. The first-order chi connectivity index (χ1) is 13.4. The second kappa shape index (κ2) is 8.93. The number of rotatable bonds is 7. The van der Waals surface area contributed by atoms with Gasteiger partial charge in [-0.15, -0.1) is 21.5 Å². The van der Waals surface area contributed by atoms with Crippen molar-refractivity contribution in [1.82, 2.24) is 19.7 Å². The van der Waals surface area contributed by atoms with E-state index in [-0.39, 0.29) is 24.1 Å². The van der Waals surface area contributed by atoms with Gasteiger partial charge in [-0.05, 0) is 31.2 Å². The van der Waals surface area contributed by atoms with Gasteiger partial charge in [0.25, 0.3) is 0 Å². The lowest BCUT2D eigenvalue weighted by Gasteiger charge is -2.10. The first kappa shape index (κ1) is 20.0. The average molecular weight is 420 g/mol. The number of halogens is 1. The molecule has 1 atom stereocenters. The Morgan fingerprint density at radius 2 is 2.00 bits per heavy atom. The summed E-state index contributed by atoms with van der Waals surface area (Å²) in [5.41, 5.74) is 0.496. The Morgan fingerprint density at radius 1 is 1.25 bits per heavy atom. The van der Waals surface area contributed by atoms with Crippen LogP contribution in [0.3, 0.4) is 0 Å². The summed E-state index contributed by atoms with van der Waals surface area (Å²) in [7, 11) is 1.73. The van der Waals surface area contributed by atoms with Crippen LogP contribution in [-0.4, -0.2) is 36.8 Å². The topological polar surface area (TPSA) is 102 Å². The minimum atomic E-state index is -0.423. The Bertz CT molecular complexity index is 959. The fourth-order valence-corrected chi connectivity index (χ4v) is 3.55. The number of thioether (sulfide) groups is 1. The van der Waals surface area contributed by atoms with Gasteiger partial charge >= 0.3 is 0 Å². The molecule has 0 fully saturated rings. The maximum Gasteiger partial charge on any atom is 0.239 e. The van der Waals surface area contributed by atoms with Crippen LogP contribution < -0.4 is 10.6 Å². The fraction of sp³-hybridized carbons (Fsp3) is 0.235. The van der Waals surface area contributed by atoms with Crippen molar-refractivity contribution in [3.8, 4) is 0 Å². The molecule has 0 aliphatic rings. The molecule has 3 aromatic rings. The third-order valence-electron chi connectivity index (χ3n) is 3.69. The highest BCUT2D eigenvalue weighted by Gasteiger charge is 2.20. The van der Waals surface area contributed by atoms with Crippen LogP contribution in [0, 0.1) is 5.82 Å². The monoisotopic (exact) mass is 420 g/mol. The molecule has 8 nitrogen and oxygen atoms in total. The van der Waals surface area contributed by atoms with Gasteiger partial charge in [-0.3, -0.25) is 9.59 Å². The van der Waals surface area contributed by atoms with Crippen LogP contribution in [0.5, 0.6) is 0 Å². The minimum absolute atomic E-state index is 0.00112. The van der Waals surface area contributed by atoms with E-state index in [2.05, 4.69) is 25.8 Å². The van der Waals surface area contributed by atoms with Crippen LogP contribution >= 0.6 is 23.1 Å². The summed E-state index contributed by atoms with van der Waals surface area (Å²) >= 11 is 2.57. The second-order valence-corrected chi connectivity index (χ2v) is 7.98. The number of thiazole rings is 1. The van der Waals surface area contributed by atoms with Crippen LogP contribution in [0.4, 0.5) is 15.2 Å². The lowest BCUT2D eigenvalue weighted by molar-refractivity contribution is -0.116. The highest BCUT2D eigenvalue weighted by molar-refractivity contribution is 8.00. The Morgan fingerprint density at radius 3 is 2.68 bits per heavy atom. The Balaban J connectivity index is 1.57. The minimum Gasteiger partial charge on any atom is -0.326 e. The van der Waals surface area contributed by atoms with Crippen LogP contribution in [-0.2, 0) is 23.1 Å². The number of carbonyl (C=O) groups excluding carboxylic acids is 2. The predicted molar refractivity (Wildman–Crippen MR) is 106 cm³/mol. The van der Waals surface area contributed by atoms with Crippen molar-refractivity contribution >= 4 is 45.7 Å². The molecule has 2 amide bonds. The van der Waals surface area contributed by atoms with Crippen molar-refractivity contribution in [2.24, 2.45) is 7.05 Å². The molecule has 0 unspecified atom stereocenters. The number of nitrogens with one attached hydrogen (secondary N) is 2. The van der Waals surface area contributed by atoms with Gasteiger partial charge in [-0.2, -0.15) is 0 Å². The van der Waals surface area contributed by atoms with E-state index >= 15 is 0 Å². The first-order valence-electron chi connectivity index (χ1n) is 8.23. The Labute approximate surface area is 168 Å². The van der Waals surface area contributed by atoms with E-state index in [1.807, 2.05) is 0 Å². The van der Waals surface area contributed by atoms with Gasteiger partial charge in [0.1, 0.15) is 11.6 Å². The van der Waals surface area contributed by atoms with Gasteiger partial charge < -0.3 is 15.2 Å². The van der Waals surface area contributed by atoms with E-state index in [1.165, 1.54) is 47.4 Å². The maximum atomic E-state index is 12.9. The summed E-state index contributed by atoms with van der Waals surface area (Å²) in [6.07, 6.45) is 1.62. The molecular weight excluding hydrogens is 403 g/mol. The Kier molecular flexibility index (Phi) is 6.37. The van der Waals surface area contributed by atoms with Gasteiger partial charge in [0.15, 0.2) is 10.3 Å². The summed E-state index contributed by atoms with van der Waals surface area (Å²) in [6.45, 7) is 1.75. The maximum absolute atomic E-state index is 12.9. The number of hydrogen-bond donors (Lipinski definition) is 2. The molecular formula is C17H17FN6O2S2. The van der Waals surface area contributed by atoms with Crippen LogP contribution in [0.2, 0.25) is 0 Å². The molecule has 1 aromatic carbocycles. The average Bonchev–Trinajstić information content (AvgIpc) is 3.29. The lowest BCUT2D eigenvalue weighted by atomic mass is 10.3. The summed E-state index contributed by atoms with van der Waals surface area (Å²) in [4.78, 5) is 28.4. The standard InChI is InChI=1S/C17H17FN6O2S2/c1-10(15(26)21-16-19-7-8-27-16)28-17-23-22-13(24(17)2)9-14(25)20-12-5-3-11(18)4-6-12/h3-8,10H,9H2,1-2H3,(H,20,25)(H,19,21,26)/t10-/m0/s1. The van der Waals surface area contributed by atoms with E-state index in [0.717, 1.165) is 0 Å². The largest absolute Gasteiger partial charge is 0.326 e. The summed E-state index contributed by atoms with van der Waals surface area (Å²) < 4.78 is 14.6. The fourth-order valence-electron chi connectivity index (χ4n) is 2.19. The molecule has 2 aromatic heterocycles. The smallest absolute Gasteiger partial charge is 0.239 e. The third-order valence-corrected chi connectivity index (χ3v) is 5.51. The van der Waals surface area contributed by atoms with E-state index in [1.54, 1.807) is 30.1 Å². The van der Waals surface area contributed by atoms with E-state index in [9.17, 15) is 14.0 Å². The van der Waals surface area contributed by atoms with E-state index in [0.29, 0.717) is 21.8 Å². The number of aromatic nitrogens is 4. The number of amides is 2. The first-order valence-corrected chi connectivity index (χ1v) is 9.99. The van der Waals surface area contributed by atoms with Gasteiger partial charge in [-0.25, -0.2) is 9.37 Å². The normalized spacial score (nSPS) is 11.8.